The molecule has 0 spiro atoms. The molecule has 0 radical (unpaired) electrons. The third kappa shape index (κ3) is 5.89. The number of para-hydroxylation sites is 1. The smallest absolute Gasteiger partial charge is 0.320 e. The highest BCUT2D eigenvalue weighted by Gasteiger charge is 2.23. The molecule has 1 unspecified atom stereocenters. The molecule has 0 amide bonds. The van der Waals surface area contributed by atoms with E-state index in [1.807, 2.05) is 36.4 Å². The minimum atomic E-state index is -3.12. The summed E-state index contributed by atoms with van der Waals surface area (Å²) in [5.74, 6) is 0.0297. The number of hydrogen-bond acceptors (Lipinski definition) is 4. The van der Waals surface area contributed by atoms with Gasteiger partial charge in [-0.3, -0.25) is 9.36 Å². The van der Waals surface area contributed by atoms with E-state index >= 15 is 0 Å². The topological polar surface area (TPSA) is 64.6 Å². The van der Waals surface area contributed by atoms with Gasteiger partial charge in [0.15, 0.2) is 0 Å². The van der Waals surface area contributed by atoms with Crippen molar-refractivity contribution in [2.75, 3.05) is 12.7 Å². The number of ether oxygens (including phenoxy) is 1. The van der Waals surface area contributed by atoms with Gasteiger partial charge in [0.1, 0.15) is 18.9 Å². The van der Waals surface area contributed by atoms with Crippen LogP contribution < -0.4 is 9.61 Å². The second-order valence-electron chi connectivity index (χ2n) is 4.88. The van der Waals surface area contributed by atoms with E-state index in [0.29, 0.717) is 5.75 Å². The van der Waals surface area contributed by atoms with Gasteiger partial charge in [0, 0.05) is 6.16 Å². The molecule has 0 aliphatic carbocycles. The summed E-state index contributed by atoms with van der Waals surface area (Å²) in [6.07, 6.45) is 0.272. The largest absolute Gasteiger partial charge is 0.460 e. The molecule has 2 aromatic rings. The Bertz CT molecular complexity index is 661. The molecule has 0 bridgehead atoms. The van der Waals surface area contributed by atoms with Crippen LogP contribution in [-0.4, -0.2) is 18.7 Å². The number of esters is 1. The Labute approximate surface area is 136 Å². The molecule has 0 saturated carbocycles. The fraction of sp³-hybridized carbons (Fsp3) is 0.235. The van der Waals surface area contributed by atoms with Gasteiger partial charge in [-0.25, -0.2) is 5.09 Å². The van der Waals surface area contributed by atoms with Crippen LogP contribution in [-0.2, 0) is 20.7 Å². The molecular formula is C17H20NO4P. The lowest BCUT2D eigenvalue weighted by molar-refractivity contribution is -0.143. The van der Waals surface area contributed by atoms with Crippen LogP contribution in [0, 0.1) is 0 Å². The summed E-state index contributed by atoms with van der Waals surface area (Å²) in [7, 11) is -3.12. The number of rotatable bonds is 8. The third-order valence-electron chi connectivity index (χ3n) is 3.12. The number of nitrogens with one attached hydrogen (secondary N) is 1. The van der Waals surface area contributed by atoms with E-state index in [9.17, 15) is 9.36 Å². The van der Waals surface area contributed by atoms with E-state index in [2.05, 4.69) is 5.09 Å². The van der Waals surface area contributed by atoms with E-state index in [1.165, 1.54) is 0 Å². The fourth-order valence-electron chi connectivity index (χ4n) is 1.83. The zero-order chi connectivity index (χ0) is 16.5. The van der Waals surface area contributed by atoms with E-state index in [0.717, 1.165) is 5.56 Å². The molecule has 2 aromatic carbocycles. The maximum atomic E-state index is 12.6. The summed E-state index contributed by atoms with van der Waals surface area (Å²) in [6, 6.07) is 18.3. The van der Waals surface area contributed by atoms with Gasteiger partial charge in [-0.05, 0) is 17.7 Å². The fourth-order valence-corrected chi connectivity index (χ4v) is 3.08. The zero-order valence-electron chi connectivity index (χ0n) is 13.0. The molecule has 6 heteroatoms. The average Bonchev–Trinajstić information content (AvgIpc) is 2.60. The Kier molecular flexibility index (Phi) is 6.39. The zero-order valence-corrected chi connectivity index (χ0v) is 13.9. The van der Waals surface area contributed by atoms with E-state index in [1.54, 1.807) is 31.2 Å². The lowest BCUT2D eigenvalue weighted by Crippen LogP contribution is -2.25. The second kappa shape index (κ2) is 8.51. The van der Waals surface area contributed by atoms with Gasteiger partial charge in [-0.2, -0.15) is 0 Å². The monoisotopic (exact) mass is 333 g/mol. The van der Waals surface area contributed by atoms with Crippen LogP contribution in [0.1, 0.15) is 12.5 Å². The molecule has 0 aliphatic heterocycles. The molecule has 0 heterocycles. The maximum absolute atomic E-state index is 12.6. The molecule has 0 aliphatic rings. The third-order valence-corrected chi connectivity index (χ3v) is 5.10. The first-order valence-electron chi connectivity index (χ1n) is 7.40. The van der Waals surface area contributed by atoms with E-state index in [-0.39, 0.29) is 19.3 Å². The van der Waals surface area contributed by atoms with Crippen molar-refractivity contribution < 1.29 is 18.6 Å². The number of carbonyl (C=O) groups excluding carboxylic acids is 1. The SMILES string of the molecule is CCP(=O)(NCC(=O)OCc1ccccc1)Oc1ccccc1. The average molecular weight is 333 g/mol. The summed E-state index contributed by atoms with van der Waals surface area (Å²) in [5.41, 5.74) is 0.903. The quantitative estimate of drug-likeness (QED) is 0.590. The van der Waals surface area contributed by atoms with Crippen LogP contribution in [0.25, 0.3) is 0 Å². The van der Waals surface area contributed by atoms with Crippen molar-refractivity contribution in [3.63, 3.8) is 0 Å². The van der Waals surface area contributed by atoms with Crippen LogP contribution >= 0.6 is 7.52 Å². The number of benzene rings is 2. The minimum absolute atomic E-state index is 0.162. The Morgan fingerprint density at radius 3 is 2.26 bits per heavy atom. The number of carbonyl (C=O) groups is 1. The van der Waals surface area contributed by atoms with Crippen molar-refractivity contribution in [1.29, 1.82) is 0 Å². The van der Waals surface area contributed by atoms with Crippen LogP contribution in [0.5, 0.6) is 5.75 Å². The van der Waals surface area contributed by atoms with Gasteiger partial charge >= 0.3 is 13.5 Å². The van der Waals surface area contributed by atoms with Crippen molar-refractivity contribution in [2.45, 2.75) is 13.5 Å². The maximum Gasteiger partial charge on any atom is 0.320 e. The Morgan fingerprint density at radius 2 is 1.65 bits per heavy atom. The molecule has 5 nitrogen and oxygen atoms in total. The highest BCUT2D eigenvalue weighted by atomic mass is 31.2. The lowest BCUT2D eigenvalue weighted by Gasteiger charge is -2.18. The highest BCUT2D eigenvalue weighted by Crippen LogP contribution is 2.42. The Hall–Kier alpha value is -2.10. The first-order chi connectivity index (χ1) is 11.1. The summed E-state index contributed by atoms with van der Waals surface area (Å²) >= 11 is 0. The Morgan fingerprint density at radius 1 is 1.04 bits per heavy atom. The van der Waals surface area contributed by atoms with Crippen molar-refractivity contribution in [2.24, 2.45) is 0 Å². The van der Waals surface area contributed by atoms with Crippen molar-refractivity contribution in [3.05, 3.63) is 66.2 Å². The van der Waals surface area contributed by atoms with Gasteiger partial charge in [-0.1, -0.05) is 55.5 Å². The molecule has 122 valence electrons. The summed E-state index contributed by atoms with van der Waals surface area (Å²) < 4.78 is 23.2. The van der Waals surface area contributed by atoms with Crippen LogP contribution in [0.3, 0.4) is 0 Å². The van der Waals surface area contributed by atoms with Crippen molar-refractivity contribution >= 4 is 13.5 Å². The second-order valence-corrected chi connectivity index (χ2v) is 7.35. The van der Waals surface area contributed by atoms with Crippen LogP contribution in [0.15, 0.2) is 60.7 Å². The van der Waals surface area contributed by atoms with Crippen molar-refractivity contribution in [1.82, 2.24) is 5.09 Å². The van der Waals surface area contributed by atoms with Crippen molar-refractivity contribution in [3.8, 4) is 5.75 Å². The molecular weight excluding hydrogens is 313 g/mol. The van der Waals surface area contributed by atoms with Gasteiger partial charge < -0.3 is 9.26 Å². The lowest BCUT2D eigenvalue weighted by atomic mass is 10.2. The summed E-state index contributed by atoms with van der Waals surface area (Å²) in [5, 5.41) is 2.69. The van der Waals surface area contributed by atoms with E-state index in [4.69, 9.17) is 9.26 Å². The minimum Gasteiger partial charge on any atom is -0.460 e. The molecule has 0 aromatic heterocycles. The summed E-state index contributed by atoms with van der Waals surface area (Å²) in [6.45, 7) is 1.77. The molecule has 23 heavy (non-hydrogen) atoms. The molecule has 1 atom stereocenters. The first-order valence-corrected chi connectivity index (χ1v) is 9.21. The number of hydrogen-bond donors (Lipinski definition) is 1. The van der Waals surface area contributed by atoms with Gasteiger partial charge in [0.05, 0.1) is 0 Å². The van der Waals surface area contributed by atoms with Crippen LogP contribution in [0.4, 0.5) is 0 Å². The summed E-state index contributed by atoms with van der Waals surface area (Å²) in [4.78, 5) is 11.8. The van der Waals surface area contributed by atoms with Gasteiger partial charge in [-0.15, -0.1) is 0 Å². The molecule has 1 N–H and O–H groups in total. The van der Waals surface area contributed by atoms with E-state index < -0.39 is 13.5 Å². The Balaban J connectivity index is 1.82. The molecule has 0 fully saturated rings. The molecule has 0 saturated heterocycles. The van der Waals surface area contributed by atoms with Gasteiger partial charge in [0.25, 0.3) is 0 Å². The first kappa shape index (κ1) is 17.3. The van der Waals surface area contributed by atoms with Crippen LogP contribution in [0.2, 0.25) is 0 Å². The highest BCUT2D eigenvalue weighted by molar-refractivity contribution is 7.57. The molecule has 2 rings (SSSR count). The predicted octanol–water partition coefficient (Wildman–Crippen LogP) is 3.61. The van der Waals surface area contributed by atoms with Gasteiger partial charge in [0.2, 0.25) is 0 Å². The predicted molar refractivity (Wildman–Crippen MR) is 89.5 cm³/mol. The normalized spacial score (nSPS) is 13.1. The standard InChI is InChI=1S/C17H20NO4P/c1-2-23(20,22-16-11-7-4-8-12-16)18-13-17(19)21-14-15-9-5-3-6-10-15/h3-12H,2,13-14H2,1H3,(H,18,20).